The van der Waals surface area contributed by atoms with Crippen molar-refractivity contribution in [1.29, 1.82) is 0 Å². The second kappa shape index (κ2) is 6.34. The largest absolute Gasteiger partial charge is 0.480 e. The summed E-state index contributed by atoms with van der Waals surface area (Å²) < 4.78 is 0.236. The molecule has 18 heavy (non-hydrogen) atoms. The van der Waals surface area contributed by atoms with Crippen molar-refractivity contribution >= 4 is 27.8 Å². The lowest BCUT2D eigenvalue weighted by atomic mass is 10.2. The number of amides is 1. The van der Waals surface area contributed by atoms with Crippen LogP contribution in [0.25, 0.3) is 0 Å². The number of aliphatic carboxylic acids is 1. The number of H-pyrrole nitrogens is 1. The van der Waals surface area contributed by atoms with Crippen LogP contribution in [0.3, 0.4) is 0 Å². The molecule has 0 saturated carbocycles. The third-order valence-electron chi connectivity index (χ3n) is 2.21. The lowest BCUT2D eigenvalue weighted by molar-refractivity contribution is -0.137. The Bertz CT molecular complexity index is 512. The van der Waals surface area contributed by atoms with E-state index in [9.17, 15) is 14.4 Å². The molecule has 0 radical (unpaired) electrons. The molecular weight excluding hydrogens is 304 g/mol. The summed E-state index contributed by atoms with van der Waals surface area (Å²) in [6.45, 7) is 1.84. The van der Waals surface area contributed by atoms with Crippen LogP contribution in [-0.4, -0.2) is 40.0 Å². The molecule has 0 spiro atoms. The van der Waals surface area contributed by atoms with E-state index >= 15 is 0 Å². The molecule has 7 heteroatoms. The zero-order valence-corrected chi connectivity index (χ0v) is 11.4. The molecule has 0 bridgehead atoms. The van der Waals surface area contributed by atoms with Crippen molar-refractivity contribution in [2.24, 2.45) is 0 Å². The normalized spacial score (nSPS) is 10.1. The first-order valence-electron chi connectivity index (χ1n) is 5.35. The summed E-state index contributed by atoms with van der Waals surface area (Å²) in [5.74, 6) is -1.49. The Morgan fingerprint density at radius 2 is 2.17 bits per heavy atom. The van der Waals surface area contributed by atoms with Gasteiger partial charge in [0.05, 0.1) is 10.0 Å². The zero-order valence-electron chi connectivity index (χ0n) is 9.77. The van der Waals surface area contributed by atoms with E-state index in [4.69, 9.17) is 5.11 Å². The number of nitrogens with zero attached hydrogens (tertiary/aromatic N) is 1. The van der Waals surface area contributed by atoms with Gasteiger partial charge in [-0.1, -0.05) is 6.92 Å². The summed E-state index contributed by atoms with van der Waals surface area (Å²) in [4.78, 5) is 37.5. The van der Waals surface area contributed by atoms with Gasteiger partial charge < -0.3 is 15.0 Å². The Morgan fingerprint density at radius 3 is 2.67 bits per heavy atom. The van der Waals surface area contributed by atoms with Gasteiger partial charge in [-0.2, -0.15) is 0 Å². The molecule has 1 heterocycles. The van der Waals surface area contributed by atoms with E-state index < -0.39 is 11.9 Å². The number of nitrogens with one attached hydrogen (secondary N) is 1. The molecule has 6 nitrogen and oxygen atoms in total. The van der Waals surface area contributed by atoms with E-state index in [2.05, 4.69) is 20.9 Å². The van der Waals surface area contributed by atoms with Crippen LogP contribution in [0.2, 0.25) is 0 Å². The van der Waals surface area contributed by atoms with Gasteiger partial charge in [-0.05, 0) is 28.4 Å². The third-order valence-corrected chi connectivity index (χ3v) is 2.80. The van der Waals surface area contributed by atoms with Crippen LogP contribution in [0, 0.1) is 0 Å². The number of carbonyl (C=O) groups is 2. The monoisotopic (exact) mass is 316 g/mol. The summed E-state index contributed by atoms with van der Waals surface area (Å²) in [6, 6.07) is 1.38. The standard InChI is InChI=1S/C11H13BrN2O4/c1-2-3-14(6-9(15)16)11(18)7-4-8(12)10(17)13-5-7/h4-5H,2-3,6H2,1H3,(H,13,17)(H,15,16). The van der Waals surface area contributed by atoms with Gasteiger partial charge in [0.1, 0.15) is 6.54 Å². The average molecular weight is 317 g/mol. The Kier molecular flexibility index (Phi) is 5.08. The Hall–Kier alpha value is -1.63. The van der Waals surface area contributed by atoms with Crippen LogP contribution in [-0.2, 0) is 4.79 Å². The summed E-state index contributed by atoms with van der Waals surface area (Å²) in [5.41, 5.74) is -0.0944. The second-order valence-electron chi connectivity index (χ2n) is 3.69. The summed E-state index contributed by atoms with van der Waals surface area (Å²) in [5, 5.41) is 8.74. The third kappa shape index (κ3) is 3.69. The number of aromatic amines is 1. The van der Waals surface area contributed by atoms with E-state index in [0.29, 0.717) is 13.0 Å². The molecule has 0 aliphatic heterocycles. The number of aromatic nitrogens is 1. The number of carboxylic acid groups (broad SMARTS) is 1. The Labute approximate surface area is 112 Å². The van der Waals surface area contributed by atoms with E-state index in [0.717, 1.165) is 0 Å². The van der Waals surface area contributed by atoms with E-state index in [1.54, 1.807) is 0 Å². The first kappa shape index (κ1) is 14.4. The summed E-state index contributed by atoms with van der Waals surface area (Å²) in [7, 11) is 0. The minimum absolute atomic E-state index is 0.236. The molecule has 0 unspecified atom stereocenters. The van der Waals surface area contributed by atoms with Gasteiger partial charge in [-0.3, -0.25) is 14.4 Å². The van der Waals surface area contributed by atoms with Crippen molar-refractivity contribution in [1.82, 2.24) is 9.88 Å². The fourth-order valence-electron chi connectivity index (χ4n) is 1.45. The quantitative estimate of drug-likeness (QED) is 0.850. The molecule has 1 amide bonds. The maximum atomic E-state index is 12.1. The number of carboxylic acids is 1. The van der Waals surface area contributed by atoms with Crippen LogP contribution in [0.4, 0.5) is 0 Å². The molecule has 0 saturated heterocycles. The molecule has 1 aromatic rings. The molecule has 0 atom stereocenters. The predicted molar refractivity (Wildman–Crippen MR) is 68.6 cm³/mol. The van der Waals surface area contributed by atoms with Crippen LogP contribution in [0.1, 0.15) is 23.7 Å². The SMILES string of the molecule is CCCN(CC(=O)O)C(=O)c1c[nH]c(=O)c(Br)c1. The molecule has 1 aromatic heterocycles. The number of hydrogen-bond acceptors (Lipinski definition) is 3. The Balaban J connectivity index is 2.97. The van der Waals surface area contributed by atoms with Gasteiger partial charge in [0.15, 0.2) is 0 Å². The summed E-state index contributed by atoms with van der Waals surface area (Å²) in [6.07, 6.45) is 1.93. The lowest BCUT2D eigenvalue weighted by Crippen LogP contribution is -2.36. The van der Waals surface area contributed by atoms with Crippen molar-refractivity contribution in [3.63, 3.8) is 0 Å². The first-order chi connectivity index (χ1) is 8.45. The second-order valence-corrected chi connectivity index (χ2v) is 4.54. The number of carbonyl (C=O) groups excluding carboxylic acids is 1. The van der Waals surface area contributed by atoms with Gasteiger partial charge in [0.25, 0.3) is 11.5 Å². The number of hydrogen-bond donors (Lipinski definition) is 2. The average Bonchev–Trinajstić information content (AvgIpc) is 2.31. The van der Waals surface area contributed by atoms with Crippen molar-refractivity contribution in [2.75, 3.05) is 13.1 Å². The topological polar surface area (TPSA) is 90.5 Å². The maximum absolute atomic E-state index is 12.1. The van der Waals surface area contributed by atoms with Crippen LogP contribution >= 0.6 is 15.9 Å². The maximum Gasteiger partial charge on any atom is 0.323 e. The molecule has 1 rings (SSSR count). The van der Waals surface area contributed by atoms with Gasteiger partial charge in [-0.25, -0.2) is 0 Å². The highest BCUT2D eigenvalue weighted by atomic mass is 79.9. The number of rotatable bonds is 5. The Morgan fingerprint density at radius 1 is 1.50 bits per heavy atom. The van der Waals surface area contributed by atoms with Gasteiger partial charge in [-0.15, -0.1) is 0 Å². The highest BCUT2D eigenvalue weighted by Crippen LogP contribution is 2.08. The minimum Gasteiger partial charge on any atom is -0.480 e. The number of halogens is 1. The van der Waals surface area contributed by atoms with Gasteiger partial charge >= 0.3 is 5.97 Å². The van der Waals surface area contributed by atoms with Gasteiger partial charge in [0.2, 0.25) is 0 Å². The van der Waals surface area contributed by atoms with Crippen molar-refractivity contribution in [3.05, 3.63) is 32.7 Å². The zero-order chi connectivity index (χ0) is 13.7. The van der Waals surface area contributed by atoms with Crippen LogP contribution in [0.15, 0.2) is 21.5 Å². The minimum atomic E-state index is -1.07. The van der Waals surface area contributed by atoms with E-state index in [-0.39, 0.29) is 22.1 Å². The van der Waals surface area contributed by atoms with Crippen LogP contribution in [0.5, 0.6) is 0 Å². The molecule has 2 N–H and O–H groups in total. The molecule has 98 valence electrons. The van der Waals surface area contributed by atoms with Crippen molar-refractivity contribution in [2.45, 2.75) is 13.3 Å². The predicted octanol–water partition coefficient (Wildman–Crippen LogP) is 1.07. The molecule has 0 aliphatic carbocycles. The molecule has 0 aromatic carbocycles. The van der Waals surface area contributed by atoms with E-state index in [1.807, 2.05) is 6.92 Å². The number of pyridine rings is 1. The van der Waals surface area contributed by atoms with Crippen LogP contribution < -0.4 is 5.56 Å². The molecule has 0 fully saturated rings. The van der Waals surface area contributed by atoms with Crippen molar-refractivity contribution < 1.29 is 14.7 Å². The summed E-state index contributed by atoms with van der Waals surface area (Å²) >= 11 is 3.02. The molecular formula is C11H13BrN2O4. The molecule has 0 aliphatic rings. The fourth-order valence-corrected chi connectivity index (χ4v) is 1.81. The fraction of sp³-hybridized carbons (Fsp3) is 0.364. The highest BCUT2D eigenvalue weighted by Gasteiger charge is 2.18. The smallest absolute Gasteiger partial charge is 0.323 e. The highest BCUT2D eigenvalue weighted by molar-refractivity contribution is 9.10. The first-order valence-corrected chi connectivity index (χ1v) is 6.14. The van der Waals surface area contributed by atoms with Crippen molar-refractivity contribution in [3.8, 4) is 0 Å². The van der Waals surface area contributed by atoms with E-state index in [1.165, 1.54) is 17.2 Å². The lowest BCUT2D eigenvalue weighted by Gasteiger charge is -2.19. The van der Waals surface area contributed by atoms with Gasteiger partial charge in [0, 0.05) is 12.7 Å².